The van der Waals surface area contributed by atoms with Crippen LogP contribution in [-0.2, 0) is 11.3 Å². The Balaban J connectivity index is 1.43. The number of hydrogen-bond donors (Lipinski definition) is 1. The summed E-state index contributed by atoms with van der Waals surface area (Å²) in [6, 6.07) is 4.68. The molecule has 1 aliphatic carbocycles. The highest BCUT2D eigenvalue weighted by atomic mass is 79.9. The molecule has 5 heteroatoms. The smallest absolute Gasteiger partial charge is 0.175 e. The second-order valence-electron chi connectivity index (χ2n) is 6.05. The summed E-state index contributed by atoms with van der Waals surface area (Å²) in [5.41, 5.74) is 1.22. The van der Waals surface area contributed by atoms with Gasteiger partial charge in [-0.05, 0) is 58.8 Å². The van der Waals surface area contributed by atoms with Crippen molar-refractivity contribution in [1.82, 2.24) is 5.32 Å². The van der Waals surface area contributed by atoms with Crippen LogP contribution in [0.1, 0.15) is 24.8 Å². The van der Waals surface area contributed by atoms with E-state index in [-0.39, 0.29) is 0 Å². The first-order valence-corrected chi connectivity index (χ1v) is 8.53. The van der Waals surface area contributed by atoms with Crippen LogP contribution in [0.15, 0.2) is 16.6 Å². The van der Waals surface area contributed by atoms with Gasteiger partial charge in [0.25, 0.3) is 0 Å². The molecule has 2 aliphatic heterocycles. The second kappa shape index (κ2) is 5.78. The molecule has 3 aliphatic rings. The standard InChI is InChI=1S/C16H20BrNO3/c17-12-7-10(8-14-16(12)21-6-5-19-14)9-18-13-3-4-20-15(13)11-1-2-11/h7-8,11,13,15,18H,1-6,9H2. The normalized spacial score (nSPS) is 27.9. The van der Waals surface area contributed by atoms with E-state index in [1.54, 1.807) is 0 Å². The van der Waals surface area contributed by atoms with Crippen molar-refractivity contribution in [3.63, 3.8) is 0 Å². The van der Waals surface area contributed by atoms with E-state index < -0.39 is 0 Å². The van der Waals surface area contributed by atoms with E-state index in [9.17, 15) is 0 Å². The zero-order valence-corrected chi connectivity index (χ0v) is 13.5. The van der Waals surface area contributed by atoms with Crippen LogP contribution in [0.4, 0.5) is 0 Å². The van der Waals surface area contributed by atoms with Crippen LogP contribution in [0.25, 0.3) is 0 Å². The first kappa shape index (κ1) is 13.9. The van der Waals surface area contributed by atoms with Gasteiger partial charge in [0.15, 0.2) is 11.5 Å². The molecule has 2 heterocycles. The van der Waals surface area contributed by atoms with Gasteiger partial charge in [0.05, 0.1) is 10.6 Å². The highest BCUT2D eigenvalue weighted by Crippen LogP contribution is 2.40. The Morgan fingerprint density at radius 3 is 2.81 bits per heavy atom. The van der Waals surface area contributed by atoms with E-state index in [1.165, 1.54) is 18.4 Å². The topological polar surface area (TPSA) is 39.7 Å². The van der Waals surface area contributed by atoms with Crippen molar-refractivity contribution in [1.29, 1.82) is 0 Å². The molecule has 2 unspecified atom stereocenters. The van der Waals surface area contributed by atoms with Crippen molar-refractivity contribution in [2.75, 3.05) is 19.8 Å². The molecular formula is C16H20BrNO3. The Morgan fingerprint density at radius 1 is 1.10 bits per heavy atom. The van der Waals surface area contributed by atoms with E-state index >= 15 is 0 Å². The van der Waals surface area contributed by atoms with Gasteiger partial charge in [-0.2, -0.15) is 0 Å². The summed E-state index contributed by atoms with van der Waals surface area (Å²) >= 11 is 3.57. The summed E-state index contributed by atoms with van der Waals surface area (Å²) in [5, 5.41) is 3.66. The second-order valence-corrected chi connectivity index (χ2v) is 6.91. The fraction of sp³-hybridized carbons (Fsp3) is 0.625. The van der Waals surface area contributed by atoms with Crippen LogP contribution >= 0.6 is 15.9 Å². The van der Waals surface area contributed by atoms with Crippen LogP contribution in [-0.4, -0.2) is 32.0 Å². The van der Waals surface area contributed by atoms with E-state index in [1.807, 2.05) is 0 Å². The number of fused-ring (bicyclic) bond motifs is 1. The Hall–Kier alpha value is -0.780. The SMILES string of the molecule is Brc1cc(CNC2CCOC2C2CC2)cc2c1OCCO2. The number of ether oxygens (including phenoxy) is 3. The van der Waals surface area contributed by atoms with Crippen molar-refractivity contribution in [2.24, 2.45) is 5.92 Å². The molecule has 1 N–H and O–H groups in total. The molecule has 1 saturated carbocycles. The van der Waals surface area contributed by atoms with Crippen molar-refractivity contribution in [3.8, 4) is 11.5 Å². The van der Waals surface area contributed by atoms with Gasteiger partial charge in [-0.25, -0.2) is 0 Å². The van der Waals surface area contributed by atoms with Gasteiger partial charge < -0.3 is 19.5 Å². The van der Waals surface area contributed by atoms with Gasteiger partial charge >= 0.3 is 0 Å². The molecule has 0 radical (unpaired) electrons. The molecule has 114 valence electrons. The Labute approximate surface area is 133 Å². The minimum atomic E-state index is 0.422. The van der Waals surface area contributed by atoms with E-state index in [4.69, 9.17) is 14.2 Å². The van der Waals surface area contributed by atoms with Crippen LogP contribution in [0, 0.1) is 5.92 Å². The molecule has 0 aromatic heterocycles. The minimum absolute atomic E-state index is 0.422. The van der Waals surface area contributed by atoms with Gasteiger partial charge in [-0.15, -0.1) is 0 Å². The fourth-order valence-electron chi connectivity index (χ4n) is 3.23. The van der Waals surface area contributed by atoms with Crippen molar-refractivity contribution >= 4 is 15.9 Å². The van der Waals surface area contributed by atoms with Crippen LogP contribution in [0.5, 0.6) is 11.5 Å². The van der Waals surface area contributed by atoms with Crippen molar-refractivity contribution < 1.29 is 14.2 Å². The lowest BCUT2D eigenvalue weighted by Crippen LogP contribution is -2.37. The largest absolute Gasteiger partial charge is 0.486 e. The Morgan fingerprint density at radius 2 is 1.95 bits per heavy atom. The molecule has 4 nitrogen and oxygen atoms in total. The van der Waals surface area contributed by atoms with Crippen LogP contribution < -0.4 is 14.8 Å². The number of benzene rings is 1. The van der Waals surface area contributed by atoms with E-state index in [0.29, 0.717) is 25.4 Å². The third-order valence-corrected chi connectivity index (χ3v) is 5.04. The number of nitrogens with one attached hydrogen (secondary N) is 1. The maximum absolute atomic E-state index is 5.88. The number of halogens is 1. The predicted molar refractivity (Wildman–Crippen MR) is 82.8 cm³/mol. The van der Waals surface area contributed by atoms with Gasteiger partial charge in [-0.1, -0.05) is 0 Å². The summed E-state index contributed by atoms with van der Waals surface area (Å²) < 4.78 is 18.2. The first-order chi connectivity index (χ1) is 10.3. The van der Waals surface area contributed by atoms with Gasteiger partial charge in [0, 0.05) is 19.2 Å². The monoisotopic (exact) mass is 353 g/mol. The minimum Gasteiger partial charge on any atom is -0.486 e. The fourth-order valence-corrected chi connectivity index (χ4v) is 3.84. The van der Waals surface area contributed by atoms with Gasteiger partial charge in [-0.3, -0.25) is 0 Å². The van der Waals surface area contributed by atoms with Gasteiger partial charge in [0.2, 0.25) is 0 Å². The Bertz CT molecular complexity index is 532. The quantitative estimate of drug-likeness (QED) is 0.903. The van der Waals surface area contributed by atoms with Gasteiger partial charge in [0.1, 0.15) is 13.2 Å². The zero-order valence-electron chi connectivity index (χ0n) is 11.9. The lowest BCUT2D eigenvalue weighted by Gasteiger charge is -2.22. The van der Waals surface area contributed by atoms with Crippen LogP contribution in [0.3, 0.4) is 0 Å². The average Bonchev–Trinajstić information content (AvgIpc) is 3.24. The molecule has 21 heavy (non-hydrogen) atoms. The predicted octanol–water partition coefficient (Wildman–Crippen LogP) is 2.88. The maximum Gasteiger partial charge on any atom is 0.175 e. The molecule has 0 amide bonds. The number of rotatable bonds is 4. The molecule has 1 saturated heterocycles. The van der Waals surface area contributed by atoms with E-state index in [0.717, 1.165) is 41.5 Å². The highest BCUT2D eigenvalue weighted by molar-refractivity contribution is 9.10. The first-order valence-electron chi connectivity index (χ1n) is 7.74. The summed E-state index contributed by atoms with van der Waals surface area (Å²) in [5.74, 6) is 2.45. The average molecular weight is 354 g/mol. The molecule has 1 aromatic carbocycles. The van der Waals surface area contributed by atoms with Crippen LogP contribution in [0.2, 0.25) is 0 Å². The van der Waals surface area contributed by atoms with E-state index in [2.05, 4.69) is 33.4 Å². The summed E-state index contributed by atoms with van der Waals surface area (Å²) in [6.07, 6.45) is 4.20. The molecule has 2 fully saturated rings. The molecule has 1 aromatic rings. The zero-order chi connectivity index (χ0) is 14.2. The molecule has 0 spiro atoms. The maximum atomic E-state index is 5.88. The van der Waals surface area contributed by atoms with Crippen molar-refractivity contribution in [3.05, 3.63) is 22.2 Å². The molecule has 4 rings (SSSR count). The number of hydrogen-bond acceptors (Lipinski definition) is 4. The van der Waals surface area contributed by atoms with Crippen molar-refractivity contribution in [2.45, 2.75) is 38.0 Å². The Kier molecular flexibility index (Phi) is 3.81. The third kappa shape index (κ3) is 2.91. The molecular weight excluding hydrogens is 334 g/mol. The lowest BCUT2D eigenvalue weighted by atomic mass is 10.1. The third-order valence-electron chi connectivity index (χ3n) is 4.45. The molecule has 2 atom stereocenters. The molecule has 0 bridgehead atoms. The highest BCUT2D eigenvalue weighted by Gasteiger charge is 2.40. The summed E-state index contributed by atoms with van der Waals surface area (Å²) in [4.78, 5) is 0. The summed E-state index contributed by atoms with van der Waals surface area (Å²) in [7, 11) is 0. The lowest BCUT2D eigenvalue weighted by molar-refractivity contribution is 0.0808. The summed E-state index contributed by atoms with van der Waals surface area (Å²) in [6.45, 7) is 2.97.